The van der Waals surface area contributed by atoms with Gasteiger partial charge in [-0.25, -0.2) is 19.3 Å². The predicted molar refractivity (Wildman–Crippen MR) is 122 cm³/mol. The van der Waals surface area contributed by atoms with Crippen molar-refractivity contribution in [2.75, 3.05) is 0 Å². The molecule has 0 spiro atoms. The first-order valence-electron chi connectivity index (χ1n) is 9.99. The molecule has 0 fully saturated rings. The second-order valence-corrected chi connectivity index (χ2v) is 7.13. The van der Waals surface area contributed by atoms with Crippen molar-refractivity contribution in [2.24, 2.45) is 0 Å². The van der Waals surface area contributed by atoms with Crippen LogP contribution in [0.2, 0.25) is 0 Å². The highest BCUT2D eigenvalue weighted by atomic mass is 19.1. The van der Waals surface area contributed by atoms with Crippen LogP contribution >= 0.6 is 0 Å². The Hall–Kier alpha value is -4.18. The van der Waals surface area contributed by atoms with Crippen molar-refractivity contribution >= 4 is 0 Å². The molecule has 4 aromatic carbocycles. The monoisotopic (exact) mass is 403 g/mol. The van der Waals surface area contributed by atoms with Crippen LogP contribution in [0.15, 0.2) is 109 Å². The number of halogens is 1. The highest BCUT2D eigenvalue weighted by molar-refractivity contribution is 5.72. The van der Waals surface area contributed by atoms with Gasteiger partial charge in [0.1, 0.15) is 5.82 Å². The Labute approximate surface area is 179 Å². The second-order valence-electron chi connectivity index (χ2n) is 7.13. The van der Waals surface area contributed by atoms with Crippen LogP contribution in [0.5, 0.6) is 0 Å². The summed E-state index contributed by atoms with van der Waals surface area (Å²) in [6.45, 7) is 0. The summed E-state index contributed by atoms with van der Waals surface area (Å²) in [6.07, 6.45) is 0. The van der Waals surface area contributed by atoms with Crippen molar-refractivity contribution in [3.05, 3.63) is 115 Å². The van der Waals surface area contributed by atoms with Gasteiger partial charge in [0.25, 0.3) is 0 Å². The van der Waals surface area contributed by atoms with Gasteiger partial charge in [0.2, 0.25) is 0 Å². The van der Waals surface area contributed by atoms with Crippen LogP contribution in [0.4, 0.5) is 4.39 Å². The number of rotatable bonds is 4. The standard InChI is InChI=1S/C27H18FN3/c28-24-17-22(19-10-4-1-5-11-19)16-23(18-24)27-30-25(20-12-6-2-7-13-20)29-26(31-27)21-14-8-3-9-15-21/h1-18H. The van der Waals surface area contributed by atoms with E-state index < -0.39 is 0 Å². The van der Waals surface area contributed by atoms with E-state index in [4.69, 9.17) is 0 Å². The summed E-state index contributed by atoms with van der Waals surface area (Å²) in [5, 5.41) is 0. The number of aromatic nitrogens is 3. The van der Waals surface area contributed by atoms with Gasteiger partial charge in [-0.15, -0.1) is 0 Å². The van der Waals surface area contributed by atoms with Gasteiger partial charge in [0, 0.05) is 16.7 Å². The Morgan fingerprint density at radius 1 is 0.387 bits per heavy atom. The molecule has 0 amide bonds. The third kappa shape index (κ3) is 4.09. The van der Waals surface area contributed by atoms with E-state index in [1.807, 2.05) is 97.1 Å². The molecule has 0 atom stereocenters. The first kappa shape index (κ1) is 18.8. The normalized spacial score (nSPS) is 10.7. The molecule has 0 aliphatic heterocycles. The SMILES string of the molecule is Fc1cc(-c2ccccc2)cc(-c2nc(-c3ccccc3)nc(-c3ccccc3)n2)c1. The third-order valence-corrected chi connectivity index (χ3v) is 4.96. The lowest BCUT2D eigenvalue weighted by atomic mass is 10.0. The van der Waals surface area contributed by atoms with E-state index in [0.717, 1.165) is 22.3 Å². The minimum Gasteiger partial charge on any atom is -0.208 e. The average molecular weight is 403 g/mol. The maximum absolute atomic E-state index is 14.6. The van der Waals surface area contributed by atoms with Gasteiger partial charge in [-0.05, 0) is 29.3 Å². The van der Waals surface area contributed by atoms with Crippen LogP contribution in [0.25, 0.3) is 45.3 Å². The van der Waals surface area contributed by atoms with Gasteiger partial charge in [0.05, 0.1) is 0 Å². The van der Waals surface area contributed by atoms with E-state index in [9.17, 15) is 4.39 Å². The smallest absolute Gasteiger partial charge is 0.164 e. The van der Waals surface area contributed by atoms with E-state index in [-0.39, 0.29) is 5.82 Å². The average Bonchev–Trinajstić information content (AvgIpc) is 2.85. The summed E-state index contributed by atoms with van der Waals surface area (Å²) in [7, 11) is 0. The second kappa shape index (κ2) is 8.28. The lowest BCUT2D eigenvalue weighted by molar-refractivity contribution is 0.628. The number of benzene rings is 4. The lowest BCUT2D eigenvalue weighted by Gasteiger charge is -2.10. The summed E-state index contributed by atoms with van der Waals surface area (Å²) in [5.74, 6) is 1.20. The van der Waals surface area contributed by atoms with Crippen LogP contribution < -0.4 is 0 Å². The summed E-state index contributed by atoms with van der Waals surface area (Å²) < 4.78 is 14.6. The van der Waals surface area contributed by atoms with E-state index in [0.29, 0.717) is 23.0 Å². The minimum atomic E-state index is -0.334. The van der Waals surface area contributed by atoms with Crippen molar-refractivity contribution in [3.63, 3.8) is 0 Å². The summed E-state index contributed by atoms with van der Waals surface area (Å²) >= 11 is 0. The molecule has 0 aliphatic rings. The highest BCUT2D eigenvalue weighted by Crippen LogP contribution is 2.29. The fraction of sp³-hybridized carbons (Fsp3) is 0. The van der Waals surface area contributed by atoms with Gasteiger partial charge in [-0.2, -0.15) is 0 Å². The van der Waals surface area contributed by atoms with Crippen LogP contribution in [0, 0.1) is 5.82 Å². The maximum Gasteiger partial charge on any atom is 0.164 e. The molecule has 0 N–H and O–H groups in total. The first-order chi connectivity index (χ1) is 15.3. The topological polar surface area (TPSA) is 38.7 Å². The fourth-order valence-corrected chi connectivity index (χ4v) is 3.45. The molecule has 3 nitrogen and oxygen atoms in total. The quantitative estimate of drug-likeness (QED) is 0.336. The van der Waals surface area contributed by atoms with Crippen LogP contribution in [-0.4, -0.2) is 15.0 Å². The maximum atomic E-state index is 14.6. The van der Waals surface area contributed by atoms with Gasteiger partial charge >= 0.3 is 0 Å². The van der Waals surface area contributed by atoms with Gasteiger partial charge in [-0.1, -0.05) is 91.0 Å². The molecule has 0 radical (unpaired) electrons. The van der Waals surface area contributed by atoms with Gasteiger partial charge in [-0.3, -0.25) is 0 Å². The molecule has 148 valence electrons. The van der Waals surface area contributed by atoms with Crippen LogP contribution in [0.3, 0.4) is 0 Å². The number of hydrogen-bond donors (Lipinski definition) is 0. The van der Waals surface area contributed by atoms with Crippen LogP contribution in [-0.2, 0) is 0 Å². The van der Waals surface area contributed by atoms with E-state index in [2.05, 4.69) is 15.0 Å². The number of hydrogen-bond acceptors (Lipinski definition) is 3. The number of nitrogens with zero attached hydrogens (tertiary/aromatic N) is 3. The van der Waals surface area contributed by atoms with Gasteiger partial charge < -0.3 is 0 Å². The van der Waals surface area contributed by atoms with Crippen molar-refractivity contribution in [3.8, 4) is 45.3 Å². The van der Waals surface area contributed by atoms with Crippen molar-refractivity contribution < 1.29 is 4.39 Å². The minimum absolute atomic E-state index is 0.334. The molecule has 0 bridgehead atoms. The molecule has 5 aromatic rings. The Bertz CT molecular complexity index is 1260. The van der Waals surface area contributed by atoms with Crippen molar-refractivity contribution in [2.45, 2.75) is 0 Å². The summed E-state index contributed by atoms with van der Waals surface area (Å²) in [4.78, 5) is 14.1. The molecule has 4 heteroatoms. The van der Waals surface area contributed by atoms with E-state index >= 15 is 0 Å². The third-order valence-electron chi connectivity index (χ3n) is 4.96. The highest BCUT2D eigenvalue weighted by Gasteiger charge is 2.13. The Morgan fingerprint density at radius 3 is 1.26 bits per heavy atom. The molecular formula is C27H18FN3. The molecule has 0 saturated heterocycles. The van der Waals surface area contributed by atoms with Crippen molar-refractivity contribution in [1.82, 2.24) is 15.0 Å². The fourth-order valence-electron chi connectivity index (χ4n) is 3.45. The zero-order chi connectivity index (χ0) is 21.0. The zero-order valence-electron chi connectivity index (χ0n) is 16.6. The van der Waals surface area contributed by atoms with Gasteiger partial charge in [0.15, 0.2) is 17.5 Å². The Morgan fingerprint density at radius 2 is 0.774 bits per heavy atom. The molecule has 5 rings (SSSR count). The molecule has 1 heterocycles. The molecule has 0 aliphatic carbocycles. The molecule has 0 unspecified atom stereocenters. The molecule has 1 aromatic heterocycles. The largest absolute Gasteiger partial charge is 0.208 e. The Balaban J connectivity index is 1.70. The van der Waals surface area contributed by atoms with Crippen LogP contribution in [0.1, 0.15) is 0 Å². The predicted octanol–water partition coefficient (Wildman–Crippen LogP) is 6.68. The van der Waals surface area contributed by atoms with E-state index in [1.165, 1.54) is 12.1 Å². The summed E-state index contributed by atoms with van der Waals surface area (Å²) in [5.41, 5.74) is 4.07. The molecule has 0 saturated carbocycles. The zero-order valence-corrected chi connectivity index (χ0v) is 16.6. The molecule has 31 heavy (non-hydrogen) atoms. The summed E-state index contributed by atoms with van der Waals surface area (Å²) in [6, 6.07) is 34.1. The Kier molecular flexibility index (Phi) is 5.03. The van der Waals surface area contributed by atoms with E-state index in [1.54, 1.807) is 0 Å². The van der Waals surface area contributed by atoms with Crippen molar-refractivity contribution in [1.29, 1.82) is 0 Å². The first-order valence-corrected chi connectivity index (χ1v) is 9.99. The molecular weight excluding hydrogens is 385 g/mol. The lowest BCUT2D eigenvalue weighted by Crippen LogP contribution is -2.00.